The Labute approximate surface area is 80.6 Å². The summed E-state index contributed by atoms with van der Waals surface area (Å²) in [7, 11) is 0. The first-order chi connectivity index (χ1) is 6.43. The number of amides is 2. The van der Waals surface area contributed by atoms with Crippen LogP contribution in [0.25, 0.3) is 0 Å². The second-order valence-corrected chi connectivity index (χ2v) is 3.46. The first kappa shape index (κ1) is 10.8. The van der Waals surface area contributed by atoms with Gasteiger partial charge in [0.2, 0.25) is 0 Å². The summed E-state index contributed by atoms with van der Waals surface area (Å²) in [5.41, 5.74) is 5.64. The summed E-state index contributed by atoms with van der Waals surface area (Å²) >= 11 is 0. The van der Waals surface area contributed by atoms with Crippen LogP contribution in [0.1, 0.15) is 13.8 Å². The van der Waals surface area contributed by atoms with Gasteiger partial charge in [-0.1, -0.05) is 13.8 Å². The van der Waals surface area contributed by atoms with Crippen LogP contribution in [0, 0.1) is 5.92 Å². The van der Waals surface area contributed by atoms with Crippen molar-refractivity contribution in [2.45, 2.75) is 26.1 Å². The number of aliphatic imine (C=N–C) groups is 1. The van der Waals surface area contributed by atoms with Crippen molar-refractivity contribution < 1.29 is 14.0 Å². The maximum atomic E-state index is 12.7. The van der Waals surface area contributed by atoms with E-state index in [1.807, 2.05) is 13.8 Å². The highest BCUT2D eigenvalue weighted by molar-refractivity contribution is 6.18. The molecule has 78 valence electrons. The second kappa shape index (κ2) is 3.83. The fourth-order valence-corrected chi connectivity index (χ4v) is 0.979. The van der Waals surface area contributed by atoms with Gasteiger partial charge in [-0.3, -0.25) is 9.59 Å². The van der Waals surface area contributed by atoms with E-state index < -0.39 is 24.0 Å². The average Bonchev–Trinajstić information content (AvgIpc) is 2.12. The predicted molar refractivity (Wildman–Crippen MR) is 48.3 cm³/mol. The van der Waals surface area contributed by atoms with Gasteiger partial charge in [-0.25, -0.2) is 4.39 Å². The number of halogens is 1. The van der Waals surface area contributed by atoms with Crippen LogP contribution < -0.4 is 11.1 Å². The fraction of sp³-hybridized carbons (Fsp3) is 0.625. The second-order valence-electron chi connectivity index (χ2n) is 3.46. The molecule has 0 fully saturated rings. The van der Waals surface area contributed by atoms with Gasteiger partial charge in [-0.05, 0) is 5.92 Å². The van der Waals surface area contributed by atoms with E-state index in [9.17, 15) is 14.0 Å². The van der Waals surface area contributed by atoms with Gasteiger partial charge in [0.1, 0.15) is 5.84 Å². The van der Waals surface area contributed by atoms with Crippen molar-refractivity contribution in [3.8, 4) is 0 Å². The first-order valence-corrected chi connectivity index (χ1v) is 4.26. The highest BCUT2D eigenvalue weighted by atomic mass is 19.1. The lowest BCUT2D eigenvalue weighted by Gasteiger charge is -2.22. The number of hydrogen-bond acceptors (Lipinski definition) is 3. The van der Waals surface area contributed by atoms with E-state index in [0.29, 0.717) is 0 Å². The predicted octanol–water partition coefficient (Wildman–Crippen LogP) is -0.637. The molecule has 14 heavy (non-hydrogen) atoms. The van der Waals surface area contributed by atoms with Crippen molar-refractivity contribution in [1.29, 1.82) is 0 Å². The van der Waals surface area contributed by atoms with Crippen LogP contribution in [-0.2, 0) is 9.59 Å². The molecule has 5 nitrogen and oxygen atoms in total. The molecular weight excluding hydrogens is 189 g/mol. The van der Waals surface area contributed by atoms with Crippen LogP contribution in [0.5, 0.6) is 0 Å². The Morgan fingerprint density at radius 1 is 1.50 bits per heavy atom. The van der Waals surface area contributed by atoms with E-state index in [2.05, 4.69) is 10.3 Å². The zero-order valence-corrected chi connectivity index (χ0v) is 7.95. The van der Waals surface area contributed by atoms with Crippen molar-refractivity contribution in [3.05, 3.63) is 0 Å². The van der Waals surface area contributed by atoms with E-state index in [-0.39, 0.29) is 11.8 Å². The fourth-order valence-electron chi connectivity index (χ4n) is 0.979. The lowest BCUT2D eigenvalue weighted by atomic mass is 10.0. The minimum absolute atomic E-state index is 0.0120. The number of amidine groups is 1. The number of carbonyl (C=O) groups excluding carboxylic acids is 2. The molecular formula is C8H12FN3O2. The normalized spacial score (nSPS) is 24.6. The molecule has 0 radical (unpaired) electrons. The Balaban J connectivity index is 2.87. The lowest BCUT2D eigenvalue weighted by molar-refractivity contribution is -0.134. The van der Waals surface area contributed by atoms with Gasteiger partial charge in [0.05, 0.1) is 6.04 Å². The van der Waals surface area contributed by atoms with Crippen LogP contribution in [0.15, 0.2) is 4.99 Å². The zero-order chi connectivity index (χ0) is 10.9. The third kappa shape index (κ3) is 1.95. The van der Waals surface area contributed by atoms with E-state index in [0.717, 1.165) is 0 Å². The highest BCUT2D eigenvalue weighted by Crippen LogP contribution is 2.06. The third-order valence-corrected chi connectivity index (χ3v) is 1.96. The molecule has 0 aromatic heterocycles. The molecule has 1 rings (SSSR count). The Kier molecular flexibility index (Phi) is 2.95. The molecule has 2 amide bonds. The molecule has 1 heterocycles. The van der Waals surface area contributed by atoms with Crippen molar-refractivity contribution in [1.82, 2.24) is 5.32 Å². The highest BCUT2D eigenvalue weighted by Gasteiger charge is 2.33. The van der Waals surface area contributed by atoms with Crippen molar-refractivity contribution in [2.24, 2.45) is 16.6 Å². The lowest BCUT2D eigenvalue weighted by Crippen LogP contribution is -2.53. The average molecular weight is 201 g/mol. The molecule has 2 atom stereocenters. The van der Waals surface area contributed by atoms with Crippen molar-refractivity contribution in [2.75, 3.05) is 0 Å². The number of hydrogen-bond donors (Lipinski definition) is 2. The number of nitrogens with zero attached hydrogens (tertiary/aromatic N) is 1. The Hall–Kier alpha value is -1.30. The Bertz CT molecular complexity index is 301. The van der Waals surface area contributed by atoms with Crippen LogP contribution in [-0.4, -0.2) is 29.9 Å². The maximum Gasteiger partial charge on any atom is 0.291 e. The summed E-state index contributed by atoms with van der Waals surface area (Å²) in [6, 6.07) is -0.560. The van der Waals surface area contributed by atoms with Gasteiger partial charge in [0.25, 0.3) is 18.0 Å². The van der Waals surface area contributed by atoms with E-state index >= 15 is 0 Å². The van der Waals surface area contributed by atoms with Crippen LogP contribution in [0.3, 0.4) is 0 Å². The molecule has 0 bridgehead atoms. The summed E-state index contributed by atoms with van der Waals surface area (Å²) in [4.78, 5) is 25.1. The molecule has 1 aliphatic heterocycles. The first-order valence-electron chi connectivity index (χ1n) is 4.26. The Morgan fingerprint density at radius 3 is 2.50 bits per heavy atom. The van der Waals surface area contributed by atoms with Crippen LogP contribution in [0.2, 0.25) is 0 Å². The summed E-state index contributed by atoms with van der Waals surface area (Å²) in [5.74, 6) is -2.02. The molecule has 0 aliphatic carbocycles. The molecule has 2 unspecified atom stereocenters. The molecule has 6 heteroatoms. The van der Waals surface area contributed by atoms with Crippen molar-refractivity contribution >= 4 is 17.6 Å². The minimum atomic E-state index is -2.20. The molecule has 0 aromatic carbocycles. The van der Waals surface area contributed by atoms with Gasteiger partial charge in [-0.2, -0.15) is 4.99 Å². The monoisotopic (exact) mass is 201 g/mol. The van der Waals surface area contributed by atoms with Gasteiger partial charge in [-0.15, -0.1) is 0 Å². The third-order valence-electron chi connectivity index (χ3n) is 1.96. The summed E-state index contributed by atoms with van der Waals surface area (Å²) in [5, 5.41) is 2.17. The number of nitrogens with one attached hydrogen (secondary N) is 1. The summed E-state index contributed by atoms with van der Waals surface area (Å²) in [6.07, 6.45) is -2.20. The standard InChI is InChI=1S/C8H12FN3O2/c1-3(2)5(10)6-11-7(13)4(9)8(14)12-6/h3-5H,10H2,1-2H3,(H,11,12,13,14). The summed E-state index contributed by atoms with van der Waals surface area (Å²) in [6.45, 7) is 3.62. The van der Waals surface area contributed by atoms with Gasteiger partial charge >= 0.3 is 0 Å². The van der Waals surface area contributed by atoms with Gasteiger partial charge < -0.3 is 11.1 Å². The summed E-state index contributed by atoms with van der Waals surface area (Å²) < 4.78 is 12.7. The number of carbonyl (C=O) groups is 2. The quantitative estimate of drug-likeness (QED) is 0.583. The molecule has 0 spiro atoms. The topological polar surface area (TPSA) is 84.5 Å². The Morgan fingerprint density at radius 2 is 2.07 bits per heavy atom. The number of rotatable bonds is 2. The van der Waals surface area contributed by atoms with E-state index in [1.54, 1.807) is 0 Å². The smallest absolute Gasteiger partial charge is 0.291 e. The molecule has 1 aliphatic rings. The largest absolute Gasteiger partial charge is 0.321 e. The van der Waals surface area contributed by atoms with Crippen LogP contribution >= 0.6 is 0 Å². The minimum Gasteiger partial charge on any atom is -0.321 e. The molecule has 3 N–H and O–H groups in total. The molecule has 0 aromatic rings. The molecule has 0 saturated carbocycles. The van der Waals surface area contributed by atoms with Crippen molar-refractivity contribution in [3.63, 3.8) is 0 Å². The van der Waals surface area contributed by atoms with E-state index in [1.165, 1.54) is 0 Å². The molecule has 0 saturated heterocycles. The van der Waals surface area contributed by atoms with Gasteiger partial charge in [0.15, 0.2) is 0 Å². The van der Waals surface area contributed by atoms with E-state index in [4.69, 9.17) is 5.73 Å². The number of alkyl halides is 1. The number of nitrogens with two attached hydrogens (primary N) is 1. The zero-order valence-electron chi connectivity index (χ0n) is 7.95. The van der Waals surface area contributed by atoms with Crippen LogP contribution in [0.4, 0.5) is 4.39 Å². The SMILES string of the molecule is CC(C)C(N)C1=NC(=O)C(F)C(=O)N1. The maximum absolute atomic E-state index is 12.7. The van der Waals surface area contributed by atoms with Gasteiger partial charge in [0, 0.05) is 0 Å².